The highest BCUT2D eigenvalue weighted by Crippen LogP contribution is 2.52. The minimum Gasteiger partial charge on any atom is -0.391 e. The van der Waals surface area contributed by atoms with Crippen molar-refractivity contribution in [2.45, 2.75) is 100 Å². The Kier molecular flexibility index (Phi) is 12.0. The largest absolute Gasteiger partial charge is 0.421 e. The summed E-state index contributed by atoms with van der Waals surface area (Å²) in [5, 5.41) is 26.7. The number of halogens is 3. The third-order valence-corrected chi connectivity index (χ3v) is 15.0. The molecular formula is C44H55F3N10O5S. The molecule has 4 N–H and O–H groups in total. The molecule has 1 saturated carbocycles. The molecule has 4 aromatic rings. The number of carbonyl (C=O) groups is 2. The van der Waals surface area contributed by atoms with Crippen LogP contribution in [0.3, 0.4) is 0 Å². The van der Waals surface area contributed by atoms with E-state index < -0.39 is 29.8 Å². The zero-order chi connectivity index (χ0) is 44.2. The molecule has 15 nitrogen and oxygen atoms in total. The van der Waals surface area contributed by atoms with Crippen molar-refractivity contribution in [2.75, 3.05) is 60.9 Å². The van der Waals surface area contributed by atoms with E-state index >= 15 is 0 Å². The van der Waals surface area contributed by atoms with Crippen LogP contribution in [-0.4, -0.2) is 109 Å². The Morgan fingerprint density at radius 2 is 1.76 bits per heavy atom. The first-order chi connectivity index (χ1) is 30.1. The molecule has 4 saturated heterocycles. The summed E-state index contributed by atoms with van der Waals surface area (Å²) >= 11 is 1.28. The van der Waals surface area contributed by atoms with Crippen LogP contribution in [0.25, 0.3) is 11.0 Å². The first-order valence-corrected chi connectivity index (χ1v) is 22.8. The number of fused-ring (bicyclic) bond motifs is 1. The van der Waals surface area contributed by atoms with Crippen LogP contribution in [0.5, 0.6) is 0 Å². The monoisotopic (exact) mass is 892 g/mol. The molecule has 338 valence electrons. The number of aryl methyl sites for hydroxylation is 2. The van der Waals surface area contributed by atoms with Gasteiger partial charge >= 0.3 is 11.9 Å². The number of amides is 2. The average Bonchev–Trinajstić information content (AvgIpc) is 3.49. The lowest BCUT2D eigenvalue weighted by Gasteiger charge is -2.53. The molecule has 4 aliphatic heterocycles. The molecule has 9 rings (SSSR count). The summed E-state index contributed by atoms with van der Waals surface area (Å²) in [5.41, 5.74) is 3.02. The summed E-state index contributed by atoms with van der Waals surface area (Å²) < 4.78 is 46.1. The number of nitrogens with one attached hydrogen (secondary N) is 2. The Hall–Kier alpha value is -4.69. The fourth-order valence-electron chi connectivity index (χ4n) is 10.5. The summed E-state index contributed by atoms with van der Waals surface area (Å²) in [6, 6.07) is 10.8. The van der Waals surface area contributed by atoms with E-state index in [4.69, 9.17) is 0 Å². The quantitative estimate of drug-likeness (QED) is 0.0834. The third kappa shape index (κ3) is 8.91. The van der Waals surface area contributed by atoms with Crippen LogP contribution in [-0.2, 0) is 22.8 Å². The van der Waals surface area contributed by atoms with Crippen LogP contribution in [0, 0.1) is 18.3 Å². The van der Waals surface area contributed by atoms with E-state index in [1.165, 1.54) is 21.3 Å². The third-order valence-electron chi connectivity index (χ3n) is 14.1. The van der Waals surface area contributed by atoms with Gasteiger partial charge in [0.15, 0.2) is 0 Å². The Bertz CT molecular complexity index is 2420. The lowest BCUT2D eigenvalue weighted by molar-refractivity contribution is -0.138. The summed E-state index contributed by atoms with van der Waals surface area (Å²) in [6.07, 6.45) is 3.21. The second-order valence-corrected chi connectivity index (χ2v) is 19.3. The number of rotatable bonds is 10. The number of hydroxylamine groups is 1. The predicted octanol–water partition coefficient (Wildman–Crippen LogP) is 6.00. The Labute approximate surface area is 367 Å². The van der Waals surface area contributed by atoms with E-state index in [-0.39, 0.29) is 47.8 Å². The average molecular weight is 893 g/mol. The molecule has 2 amide bonds. The van der Waals surface area contributed by atoms with E-state index in [9.17, 15) is 37.9 Å². The van der Waals surface area contributed by atoms with Crippen LogP contribution in [0.4, 0.5) is 36.3 Å². The maximum atomic E-state index is 13.9. The van der Waals surface area contributed by atoms with E-state index in [0.29, 0.717) is 42.9 Å². The van der Waals surface area contributed by atoms with Crippen molar-refractivity contribution >= 4 is 57.9 Å². The van der Waals surface area contributed by atoms with Crippen molar-refractivity contribution in [3.05, 3.63) is 64.2 Å². The molecule has 1 spiro atoms. The number of aliphatic hydroxyl groups excluding tert-OH is 1. The molecular weight excluding hydrogens is 838 g/mol. The minimum atomic E-state index is -4.64. The number of β-amino-alcohol motifs (C(OH)–C–C–N with tert-alkyl or cyclic N) is 1. The van der Waals surface area contributed by atoms with Gasteiger partial charge in [0.1, 0.15) is 17.4 Å². The maximum absolute atomic E-state index is 13.9. The number of benzene rings is 2. The normalized spacial score (nSPS) is 22.9. The molecule has 63 heavy (non-hydrogen) atoms. The predicted molar refractivity (Wildman–Crippen MR) is 233 cm³/mol. The van der Waals surface area contributed by atoms with Gasteiger partial charge in [0, 0.05) is 69.0 Å². The van der Waals surface area contributed by atoms with Crippen molar-refractivity contribution in [2.24, 2.45) is 18.4 Å². The zero-order valence-electron chi connectivity index (χ0n) is 35.6. The number of imide groups is 1. The number of anilines is 4. The second-order valence-electron chi connectivity index (χ2n) is 18.3. The number of likely N-dealkylation sites (tertiary alicyclic amines) is 1. The van der Waals surface area contributed by atoms with E-state index in [1.807, 2.05) is 37.3 Å². The highest BCUT2D eigenvalue weighted by Gasteiger charge is 2.48. The number of aromatic nitrogens is 4. The molecule has 0 bridgehead atoms. The van der Waals surface area contributed by atoms with E-state index in [0.717, 1.165) is 99.1 Å². The topological polar surface area (TPSA) is 164 Å². The highest BCUT2D eigenvalue weighted by atomic mass is 32.2. The van der Waals surface area contributed by atoms with Crippen molar-refractivity contribution in [3.8, 4) is 0 Å². The van der Waals surface area contributed by atoms with Gasteiger partial charge in [-0.25, -0.2) is 9.78 Å². The molecule has 2 aromatic carbocycles. The van der Waals surface area contributed by atoms with Gasteiger partial charge in [-0.3, -0.25) is 24.0 Å². The van der Waals surface area contributed by atoms with Gasteiger partial charge in [-0.05, 0) is 137 Å². The van der Waals surface area contributed by atoms with Crippen LogP contribution in [0.1, 0.15) is 81.4 Å². The fourth-order valence-corrected chi connectivity index (χ4v) is 11.4. The Balaban J connectivity index is 0.741. The van der Waals surface area contributed by atoms with Gasteiger partial charge in [-0.1, -0.05) is 6.07 Å². The number of para-hydroxylation sites is 1. The molecule has 6 heterocycles. The van der Waals surface area contributed by atoms with E-state index in [1.54, 1.807) is 16.2 Å². The number of piperidine rings is 4. The zero-order valence-corrected chi connectivity index (χ0v) is 36.4. The van der Waals surface area contributed by atoms with E-state index in [2.05, 4.69) is 36.5 Å². The summed E-state index contributed by atoms with van der Waals surface area (Å²) in [5.74, 6) is -0.381. The standard InChI is InChI=1S/C44H55F3N10O5S/c1-27-21-31(8-9-33(27)49-41-48-24-32(44(45,46)47)39(51-41)55-16-4-5-30(58)26-55)63-57(62)29-22-43(23-29)14-19-53(20-15-43)25-28-12-17-54(18-13-28)34-6-3-7-35-38(34)52(2)42(61)56(35)36-10-11-37(59)50-40(36)60/h3,6-9,21,24,28-30,36,58,62H,4-5,10-20,22-23,25-26H2,1-2H3,(H,48,49,51)(H,50,59,60). The lowest BCUT2D eigenvalue weighted by Crippen LogP contribution is -2.53. The fraction of sp³-hybridized carbons (Fsp3) is 0.568. The SMILES string of the molecule is Cc1cc(SN(O)C2CC3(CCN(CC4CCN(c5cccc6c5n(C)c(=O)n6C5CCC(=O)NC5=O)CC4)CC3)C2)ccc1Nc1ncc(C(F)(F)F)c(N2CCCC(O)C2)n1. The number of hydrogen-bond acceptors (Lipinski definition) is 13. The van der Waals surface area contributed by atoms with Crippen molar-refractivity contribution in [1.82, 2.24) is 33.8 Å². The summed E-state index contributed by atoms with van der Waals surface area (Å²) in [4.78, 5) is 53.4. The summed E-state index contributed by atoms with van der Waals surface area (Å²) in [6.45, 7) is 7.21. The number of alkyl halides is 3. The second kappa shape index (κ2) is 17.4. The molecule has 2 aromatic heterocycles. The maximum Gasteiger partial charge on any atom is 0.421 e. The Morgan fingerprint density at radius 1 is 1.00 bits per heavy atom. The Morgan fingerprint density at radius 3 is 2.46 bits per heavy atom. The number of nitrogens with zero attached hydrogens (tertiary/aromatic N) is 8. The number of carbonyl (C=O) groups excluding carboxylic acids is 2. The van der Waals surface area contributed by atoms with Crippen molar-refractivity contribution in [3.63, 3.8) is 0 Å². The first kappa shape index (κ1) is 43.6. The number of hydrogen-bond donors (Lipinski definition) is 4. The van der Waals surface area contributed by atoms with Gasteiger partial charge in [0.25, 0.3) is 0 Å². The number of imidazole rings is 1. The molecule has 5 aliphatic rings. The molecule has 19 heteroatoms. The van der Waals surface area contributed by atoms with Crippen LogP contribution in [0.2, 0.25) is 0 Å². The number of aliphatic hydroxyl groups is 1. The molecule has 1 aliphatic carbocycles. The van der Waals surface area contributed by atoms with Crippen LogP contribution in [0.15, 0.2) is 52.3 Å². The van der Waals surface area contributed by atoms with Crippen LogP contribution >= 0.6 is 11.9 Å². The van der Waals surface area contributed by atoms with Crippen molar-refractivity contribution < 1.29 is 33.1 Å². The molecule has 0 radical (unpaired) electrons. The van der Waals surface area contributed by atoms with Gasteiger partial charge in [0.05, 0.1) is 22.8 Å². The van der Waals surface area contributed by atoms with Gasteiger partial charge in [-0.15, -0.1) is 4.47 Å². The summed E-state index contributed by atoms with van der Waals surface area (Å²) in [7, 11) is 1.75. The van der Waals surface area contributed by atoms with Gasteiger partial charge in [-0.2, -0.15) is 18.2 Å². The van der Waals surface area contributed by atoms with Crippen LogP contribution < -0.4 is 26.1 Å². The molecule has 2 unspecified atom stereocenters. The van der Waals surface area contributed by atoms with Gasteiger partial charge in [0.2, 0.25) is 17.8 Å². The lowest BCUT2D eigenvalue weighted by atomic mass is 9.60. The highest BCUT2D eigenvalue weighted by molar-refractivity contribution is 7.96. The first-order valence-electron chi connectivity index (χ1n) is 22.1. The van der Waals surface area contributed by atoms with Crippen molar-refractivity contribution in [1.29, 1.82) is 0 Å². The van der Waals surface area contributed by atoms with Gasteiger partial charge < -0.3 is 30.3 Å². The molecule has 2 atom stereocenters. The molecule has 5 fully saturated rings. The smallest absolute Gasteiger partial charge is 0.391 e. The minimum absolute atomic E-state index is 0.0306.